The van der Waals surface area contributed by atoms with E-state index in [0.717, 1.165) is 6.07 Å². The molecule has 21 heavy (non-hydrogen) atoms. The lowest BCUT2D eigenvalue weighted by Crippen LogP contribution is -2.32. The Balaban J connectivity index is 0.00000400. The Morgan fingerprint density at radius 1 is 1.29 bits per heavy atom. The van der Waals surface area contributed by atoms with Gasteiger partial charge < -0.3 is 20.3 Å². The van der Waals surface area contributed by atoms with Crippen LogP contribution in [0.25, 0.3) is 0 Å². The molecule has 3 N–H and O–H groups in total. The number of halogens is 4. The fourth-order valence-corrected chi connectivity index (χ4v) is 1.66. The van der Waals surface area contributed by atoms with Gasteiger partial charge in [-0.1, -0.05) is 19.9 Å². The van der Waals surface area contributed by atoms with Crippen LogP contribution in [0.1, 0.15) is 25.5 Å². The average Bonchev–Trinajstić information content (AvgIpc) is 2.35. The molecule has 1 aromatic rings. The molecule has 0 aliphatic carbocycles. The van der Waals surface area contributed by atoms with Gasteiger partial charge in [0.05, 0.1) is 7.11 Å². The molecule has 8 heteroatoms. The molecule has 0 heterocycles. The van der Waals surface area contributed by atoms with Crippen LogP contribution in [0.2, 0.25) is 0 Å². The molecular formula is C13H19ClF3NO3. The molecule has 0 bridgehead atoms. The molecule has 1 aromatic carbocycles. The molecule has 0 amide bonds. The van der Waals surface area contributed by atoms with Crippen molar-refractivity contribution in [2.75, 3.05) is 13.7 Å². The maximum Gasteiger partial charge on any atom is 0.573 e. The van der Waals surface area contributed by atoms with E-state index in [4.69, 9.17) is 10.5 Å². The van der Waals surface area contributed by atoms with E-state index in [1.807, 2.05) is 0 Å². The predicted molar refractivity (Wildman–Crippen MR) is 74.7 cm³/mol. The van der Waals surface area contributed by atoms with Gasteiger partial charge >= 0.3 is 6.36 Å². The van der Waals surface area contributed by atoms with Gasteiger partial charge in [0.25, 0.3) is 0 Å². The Labute approximate surface area is 127 Å². The molecule has 0 unspecified atom stereocenters. The van der Waals surface area contributed by atoms with E-state index < -0.39 is 17.8 Å². The second kappa shape index (κ2) is 7.20. The summed E-state index contributed by atoms with van der Waals surface area (Å²) in [4.78, 5) is 0. The highest BCUT2D eigenvalue weighted by Gasteiger charge is 2.33. The van der Waals surface area contributed by atoms with Crippen molar-refractivity contribution >= 4 is 12.4 Å². The van der Waals surface area contributed by atoms with E-state index in [2.05, 4.69) is 4.74 Å². The third-order valence-electron chi connectivity index (χ3n) is 3.02. The van der Waals surface area contributed by atoms with Gasteiger partial charge in [-0.05, 0) is 6.07 Å². The van der Waals surface area contributed by atoms with E-state index in [9.17, 15) is 18.3 Å². The molecule has 0 radical (unpaired) electrons. The minimum Gasteiger partial charge on any atom is -0.496 e. The highest BCUT2D eigenvalue weighted by atomic mass is 35.5. The Kier molecular flexibility index (Phi) is 6.79. The van der Waals surface area contributed by atoms with E-state index in [0.29, 0.717) is 5.56 Å². The second-order valence-corrected chi connectivity index (χ2v) is 5.08. The van der Waals surface area contributed by atoms with Gasteiger partial charge in [0.2, 0.25) is 0 Å². The molecule has 0 aliphatic heterocycles. The maximum atomic E-state index is 12.2. The smallest absolute Gasteiger partial charge is 0.496 e. The molecule has 0 fully saturated rings. The summed E-state index contributed by atoms with van der Waals surface area (Å²) < 4.78 is 45.4. The van der Waals surface area contributed by atoms with Gasteiger partial charge in [0, 0.05) is 29.7 Å². The Morgan fingerprint density at radius 3 is 2.29 bits per heavy atom. The van der Waals surface area contributed by atoms with Crippen LogP contribution in [-0.2, 0) is 0 Å². The van der Waals surface area contributed by atoms with Gasteiger partial charge in [-0.2, -0.15) is 0 Å². The normalized spacial score (nSPS) is 13.3. The van der Waals surface area contributed by atoms with Gasteiger partial charge in [-0.15, -0.1) is 25.6 Å². The van der Waals surface area contributed by atoms with E-state index >= 15 is 0 Å². The monoisotopic (exact) mass is 329 g/mol. The van der Waals surface area contributed by atoms with Crippen LogP contribution >= 0.6 is 12.4 Å². The molecule has 0 aromatic heterocycles. The SMILES string of the molecule is COc1cc(OC(F)(F)F)ccc1[C@H](N)C(C)(C)CO.Cl. The second-order valence-electron chi connectivity index (χ2n) is 5.08. The summed E-state index contributed by atoms with van der Waals surface area (Å²) in [5, 5.41) is 9.30. The van der Waals surface area contributed by atoms with Gasteiger partial charge in [-0.3, -0.25) is 0 Å². The van der Waals surface area contributed by atoms with Crippen LogP contribution < -0.4 is 15.2 Å². The van der Waals surface area contributed by atoms with Crippen LogP contribution in [0.5, 0.6) is 11.5 Å². The first kappa shape index (κ1) is 19.8. The zero-order valence-electron chi connectivity index (χ0n) is 11.9. The first-order valence-electron chi connectivity index (χ1n) is 5.91. The number of aliphatic hydroxyl groups excluding tert-OH is 1. The standard InChI is InChI=1S/C13H18F3NO3.ClH/c1-12(2,7-18)11(17)9-5-4-8(6-10(9)19-3)20-13(14,15)16;/h4-6,11,18H,7,17H2,1-3H3;1H/t11-;/m0./s1. The summed E-state index contributed by atoms with van der Waals surface area (Å²) in [6.07, 6.45) is -4.76. The molecule has 122 valence electrons. The van der Waals surface area contributed by atoms with Crippen LogP contribution in [0.4, 0.5) is 13.2 Å². The van der Waals surface area contributed by atoms with Crippen molar-refractivity contribution in [3.63, 3.8) is 0 Å². The van der Waals surface area contributed by atoms with Crippen LogP contribution in [0.3, 0.4) is 0 Å². The lowest BCUT2D eigenvalue weighted by molar-refractivity contribution is -0.274. The number of rotatable bonds is 5. The number of nitrogens with two attached hydrogens (primary N) is 1. The molecule has 1 atom stereocenters. The minimum absolute atomic E-state index is 0. The van der Waals surface area contributed by atoms with Crippen molar-refractivity contribution in [2.24, 2.45) is 11.1 Å². The van der Waals surface area contributed by atoms with E-state index in [1.54, 1.807) is 13.8 Å². The Bertz CT molecular complexity index is 466. The molecule has 0 saturated carbocycles. The van der Waals surface area contributed by atoms with Crippen molar-refractivity contribution in [3.8, 4) is 11.5 Å². The predicted octanol–water partition coefficient (Wildman–Crippen LogP) is 3.03. The number of alkyl halides is 3. The quantitative estimate of drug-likeness (QED) is 0.871. The van der Waals surface area contributed by atoms with Crippen LogP contribution in [0.15, 0.2) is 18.2 Å². The van der Waals surface area contributed by atoms with Crippen molar-refractivity contribution in [1.29, 1.82) is 0 Å². The first-order valence-corrected chi connectivity index (χ1v) is 5.91. The zero-order valence-corrected chi connectivity index (χ0v) is 12.7. The zero-order chi connectivity index (χ0) is 15.6. The third-order valence-corrected chi connectivity index (χ3v) is 3.02. The number of hydrogen-bond acceptors (Lipinski definition) is 4. The largest absolute Gasteiger partial charge is 0.573 e. The maximum absolute atomic E-state index is 12.2. The topological polar surface area (TPSA) is 64.7 Å². The van der Waals surface area contributed by atoms with Crippen LogP contribution in [0, 0.1) is 5.41 Å². The van der Waals surface area contributed by atoms with Gasteiger partial charge in [0.1, 0.15) is 11.5 Å². The highest BCUT2D eigenvalue weighted by Crippen LogP contribution is 2.38. The number of benzene rings is 1. The van der Waals surface area contributed by atoms with Crippen LogP contribution in [-0.4, -0.2) is 25.2 Å². The molecule has 0 aliphatic rings. The lowest BCUT2D eigenvalue weighted by atomic mass is 9.81. The van der Waals surface area contributed by atoms with Crippen molar-refractivity contribution < 1.29 is 27.8 Å². The number of methoxy groups -OCH3 is 1. The number of hydrogen-bond donors (Lipinski definition) is 2. The molecular weight excluding hydrogens is 311 g/mol. The van der Waals surface area contributed by atoms with E-state index in [-0.39, 0.29) is 30.5 Å². The van der Waals surface area contributed by atoms with Crippen molar-refractivity contribution in [3.05, 3.63) is 23.8 Å². The van der Waals surface area contributed by atoms with E-state index in [1.165, 1.54) is 19.2 Å². The Hall–Kier alpha value is -1.18. The average molecular weight is 330 g/mol. The highest BCUT2D eigenvalue weighted by molar-refractivity contribution is 5.85. The fourth-order valence-electron chi connectivity index (χ4n) is 1.66. The summed E-state index contributed by atoms with van der Waals surface area (Å²) in [5.74, 6) is -0.201. The summed E-state index contributed by atoms with van der Waals surface area (Å²) in [7, 11) is 1.33. The first-order chi connectivity index (χ1) is 9.10. The summed E-state index contributed by atoms with van der Waals surface area (Å²) in [5.41, 5.74) is 5.90. The van der Waals surface area contributed by atoms with Crippen molar-refractivity contribution in [1.82, 2.24) is 0 Å². The number of aliphatic hydroxyl groups is 1. The lowest BCUT2D eigenvalue weighted by Gasteiger charge is -2.30. The molecule has 0 spiro atoms. The minimum atomic E-state index is -4.76. The third kappa shape index (κ3) is 5.26. The Morgan fingerprint density at radius 2 is 1.86 bits per heavy atom. The fraction of sp³-hybridized carbons (Fsp3) is 0.538. The van der Waals surface area contributed by atoms with Gasteiger partial charge in [0.15, 0.2) is 0 Å². The van der Waals surface area contributed by atoms with Gasteiger partial charge in [-0.25, -0.2) is 0 Å². The molecule has 0 saturated heterocycles. The van der Waals surface area contributed by atoms with Crippen molar-refractivity contribution in [2.45, 2.75) is 26.3 Å². The number of ether oxygens (including phenoxy) is 2. The summed E-state index contributed by atoms with van der Waals surface area (Å²) in [6, 6.07) is 3.10. The molecule has 1 rings (SSSR count). The molecule has 4 nitrogen and oxygen atoms in total. The summed E-state index contributed by atoms with van der Waals surface area (Å²) >= 11 is 0. The summed E-state index contributed by atoms with van der Waals surface area (Å²) in [6.45, 7) is 3.33.